The number of nitrogens with zero attached hydrogens (tertiary/aromatic N) is 2. The van der Waals surface area contributed by atoms with E-state index in [1.54, 1.807) is 6.20 Å². The second-order valence-electron chi connectivity index (χ2n) is 5.66. The number of fused-ring (bicyclic) bond motifs is 1. The SMILES string of the molecule is CCn1nccc1C(O)C1(CN)Cc2ccccc2C1. The molecule has 1 atom stereocenters. The lowest BCUT2D eigenvalue weighted by Gasteiger charge is -2.33. The second kappa shape index (κ2) is 5.04. The van der Waals surface area contributed by atoms with E-state index < -0.39 is 6.10 Å². The van der Waals surface area contributed by atoms with Gasteiger partial charge in [-0.25, -0.2) is 0 Å². The quantitative estimate of drug-likeness (QED) is 0.889. The fourth-order valence-electron chi connectivity index (χ4n) is 3.33. The molecule has 0 amide bonds. The van der Waals surface area contributed by atoms with Gasteiger partial charge in [0.05, 0.1) is 5.69 Å². The minimum absolute atomic E-state index is 0.309. The first-order chi connectivity index (χ1) is 9.70. The maximum absolute atomic E-state index is 10.9. The monoisotopic (exact) mass is 271 g/mol. The maximum atomic E-state index is 10.9. The molecule has 1 aromatic heterocycles. The van der Waals surface area contributed by atoms with Crippen molar-refractivity contribution in [3.8, 4) is 0 Å². The predicted octanol–water partition coefficient (Wildman–Crippen LogP) is 1.68. The molecule has 3 rings (SSSR count). The van der Waals surface area contributed by atoms with Gasteiger partial charge in [-0.15, -0.1) is 0 Å². The first-order valence-electron chi connectivity index (χ1n) is 7.17. The average Bonchev–Trinajstić information content (AvgIpc) is 3.10. The number of aryl methyl sites for hydroxylation is 1. The van der Waals surface area contributed by atoms with Crippen molar-refractivity contribution in [1.29, 1.82) is 0 Å². The fraction of sp³-hybridized carbons (Fsp3) is 0.438. The van der Waals surface area contributed by atoms with Gasteiger partial charge in [-0.2, -0.15) is 5.10 Å². The van der Waals surface area contributed by atoms with Gasteiger partial charge in [-0.1, -0.05) is 24.3 Å². The normalized spacial score (nSPS) is 17.9. The van der Waals surface area contributed by atoms with Crippen LogP contribution in [0.1, 0.15) is 29.8 Å². The number of hydrogen-bond acceptors (Lipinski definition) is 3. The molecule has 20 heavy (non-hydrogen) atoms. The van der Waals surface area contributed by atoms with Crippen molar-refractivity contribution in [3.63, 3.8) is 0 Å². The van der Waals surface area contributed by atoms with E-state index in [0.717, 1.165) is 25.1 Å². The molecule has 4 nitrogen and oxygen atoms in total. The maximum Gasteiger partial charge on any atom is 0.103 e. The molecule has 1 aliphatic carbocycles. The van der Waals surface area contributed by atoms with Crippen molar-refractivity contribution in [2.24, 2.45) is 11.1 Å². The van der Waals surface area contributed by atoms with Crippen LogP contribution >= 0.6 is 0 Å². The van der Waals surface area contributed by atoms with Crippen LogP contribution in [0.25, 0.3) is 0 Å². The Balaban J connectivity index is 1.96. The van der Waals surface area contributed by atoms with Gasteiger partial charge in [0.25, 0.3) is 0 Å². The topological polar surface area (TPSA) is 64.1 Å². The third-order valence-corrected chi connectivity index (χ3v) is 4.52. The number of aliphatic hydroxyl groups excluding tert-OH is 1. The summed E-state index contributed by atoms with van der Waals surface area (Å²) in [6.07, 6.45) is 2.82. The summed E-state index contributed by atoms with van der Waals surface area (Å²) in [5, 5.41) is 15.2. The van der Waals surface area contributed by atoms with E-state index in [-0.39, 0.29) is 5.41 Å². The molecular formula is C16H21N3O. The molecular weight excluding hydrogens is 250 g/mol. The van der Waals surface area contributed by atoms with E-state index in [9.17, 15) is 5.11 Å². The molecule has 1 aliphatic rings. The van der Waals surface area contributed by atoms with Gasteiger partial charge in [-0.05, 0) is 37.0 Å². The minimum atomic E-state index is -0.581. The van der Waals surface area contributed by atoms with Crippen LogP contribution in [-0.4, -0.2) is 21.4 Å². The Hall–Kier alpha value is -1.65. The predicted molar refractivity (Wildman–Crippen MR) is 78.2 cm³/mol. The number of nitrogens with two attached hydrogens (primary N) is 1. The van der Waals surface area contributed by atoms with E-state index in [1.165, 1.54) is 11.1 Å². The van der Waals surface area contributed by atoms with Crippen LogP contribution < -0.4 is 5.73 Å². The summed E-state index contributed by atoms with van der Waals surface area (Å²) in [6.45, 7) is 3.26. The molecule has 2 aromatic rings. The first kappa shape index (κ1) is 13.3. The van der Waals surface area contributed by atoms with Crippen molar-refractivity contribution >= 4 is 0 Å². The minimum Gasteiger partial charge on any atom is -0.386 e. The van der Waals surface area contributed by atoms with E-state index >= 15 is 0 Å². The van der Waals surface area contributed by atoms with E-state index in [1.807, 2.05) is 29.8 Å². The third kappa shape index (κ3) is 1.96. The van der Waals surface area contributed by atoms with E-state index in [2.05, 4.69) is 17.2 Å². The zero-order valence-electron chi connectivity index (χ0n) is 11.8. The van der Waals surface area contributed by atoms with Crippen LogP contribution in [0.3, 0.4) is 0 Å². The van der Waals surface area contributed by atoms with Gasteiger partial charge < -0.3 is 10.8 Å². The molecule has 0 saturated heterocycles. The lowest BCUT2D eigenvalue weighted by Crippen LogP contribution is -2.38. The Morgan fingerprint density at radius 3 is 2.50 bits per heavy atom. The first-order valence-corrected chi connectivity index (χ1v) is 7.17. The Bertz CT molecular complexity index is 580. The number of hydrogen-bond donors (Lipinski definition) is 2. The lowest BCUT2D eigenvalue weighted by atomic mass is 9.77. The number of aliphatic hydroxyl groups is 1. The Morgan fingerprint density at radius 2 is 1.95 bits per heavy atom. The number of rotatable bonds is 4. The van der Waals surface area contributed by atoms with Gasteiger partial charge in [0.2, 0.25) is 0 Å². The molecule has 0 radical (unpaired) electrons. The summed E-state index contributed by atoms with van der Waals surface area (Å²) in [5.41, 5.74) is 9.22. The standard InChI is InChI=1S/C16H21N3O/c1-2-19-14(7-8-18-19)15(20)16(11-17)9-12-5-3-4-6-13(12)10-16/h3-8,15,20H,2,9-11,17H2,1H3. The van der Waals surface area contributed by atoms with Gasteiger partial charge in [-0.3, -0.25) is 4.68 Å². The average molecular weight is 271 g/mol. The van der Waals surface area contributed by atoms with Crippen LogP contribution in [0, 0.1) is 5.41 Å². The highest BCUT2D eigenvalue weighted by Gasteiger charge is 2.43. The molecule has 0 bridgehead atoms. The number of aromatic nitrogens is 2. The Labute approximate surface area is 119 Å². The molecule has 1 unspecified atom stereocenters. The zero-order chi connectivity index (χ0) is 14.2. The number of benzene rings is 1. The zero-order valence-corrected chi connectivity index (χ0v) is 11.8. The molecule has 0 aliphatic heterocycles. The van der Waals surface area contributed by atoms with Gasteiger partial charge >= 0.3 is 0 Å². The van der Waals surface area contributed by atoms with Gasteiger partial charge in [0, 0.05) is 24.7 Å². The van der Waals surface area contributed by atoms with Crippen LogP contribution in [0.5, 0.6) is 0 Å². The highest BCUT2D eigenvalue weighted by Crippen LogP contribution is 2.45. The molecule has 1 aromatic carbocycles. The van der Waals surface area contributed by atoms with Crippen molar-refractivity contribution in [1.82, 2.24) is 9.78 Å². The molecule has 0 spiro atoms. The highest BCUT2D eigenvalue weighted by atomic mass is 16.3. The molecule has 1 heterocycles. The largest absolute Gasteiger partial charge is 0.386 e. The van der Waals surface area contributed by atoms with Crippen molar-refractivity contribution in [2.45, 2.75) is 32.4 Å². The Morgan fingerprint density at radius 1 is 1.30 bits per heavy atom. The summed E-state index contributed by atoms with van der Waals surface area (Å²) in [4.78, 5) is 0. The summed E-state index contributed by atoms with van der Waals surface area (Å²) >= 11 is 0. The fourth-order valence-corrected chi connectivity index (χ4v) is 3.33. The smallest absolute Gasteiger partial charge is 0.103 e. The second-order valence-corrected chi connectivity index (χ2v) is 5.66. The van der Waals surface area contributed by atoms with Gasteiger partial charge in [0.1, 0.15) is 6.10 Å². The molecule has 3 N–H and O–H groups in total. The van der Waals surface area contributed by atoms with Crippen LogP contribution in [0.15, 0.2) is 36.5 Å². The highest BCUT2D eigenvalue weighted by molar-refractivity contribution is 5.36. The molecule has 106 valence electrons. The van der Waals surface area contributed by atoms with Crippen LogP contribution in [-0.2, 0) is 19.4 Å². The van der Waals surface area contributed by atoms with Crippen molar-refractivity contribution in [3.05, 3.63) is 53.3 Å². The van der Waals surface area contributed by atoms with E-state index in [4.69, 9.17) is 5.73 Å². The molecule has 4 heteroatoms. The lowest BCUT2D eigenvalue weighted by molar-refractivity contribution is 0.0288. The van der Waals surface area contributed by atoms with Gasteiger partial charge in [0.15, 0.2) is 0 Å². The summed E-state index contributed by atoms with van der Waals surface area (Å²) in [5.74, 6) is 0. The summed E-state index contributed by atoms with van der Waals surface area (Å²) in [7, 11) is 0. The van der Waals surface area contributed by atoms with Crippen LogP contribution in [0.2, 0.25) is 0 Å². The molecule has 0 fully saturated rings. The van der Waals surface area contributed by atoms with Crippen molar-refractivity contribution in [2.75, 3.05) is 6.54 Å². The van der Waals surface area contributed by atoms with Crippen molar-refractivity contribution < 1.29 is 5.11 Å². The Kier molecular flexibility index (Phi) is 3.36. The molecule has 0 saturated carbocycles. The van der Waals surface area contributed by atoms with E-state index in [0.29, 0.717) is 6.54 Å². The summed E-state index contributed by atoms with van der Waals surface area (Å²) < 4.78 is 1.85. The van der Waals surface area contributed by atoms with Crippen LogP contribution in [0.4, 0.5) is 0 Å². The summed E-state index contributed by atoms with van der Waals surface area (Å²) in [6, 6.07) is 10.3. The third-order valence-electron chi connectivity index (χ3n) is 4.52.